The highest BCUT2D eigenvalue weighted by molar-refractivity contribution is 5.81. The van der Waals surface area contributed by atoms with Crippen molar-refractivity contribution >= 4 is 5.91 Å². The molecule has 1 rings (SSSR count). The van der Waals surface area contributed by atoms with E-state index in [0.717, 1.165) is 5.56 Å². The van der Waals surface area contributed by atoms with Crippen LogP contribution in [0.5, 0.6) is 5.75 Å². The Hall–Kier alpha value is -1.59. The number of aliphatic hydroxyl groups is 1. The van der Waals surface area contributed by atoms with Crippen LogP contribution in [0.1, 0.15) is 12.5 Å². The normalized spacial score (nSPS) is 14.1. The van der Waals surface area contributed by atoms with Crippen LogP contribution in [0.2, 0.25) is 0 Å². The molecule has 1 amide bonds. The first-order chi connectivity index (χ1) is 7.99. The van der Waals surface area contributed by atoms with Gasteiger partial charge < -0.3 is 21.3 Å². The van der Waals surface area contributed by atoms with Crippen molar-refractivity contribution < 1.29 is 15.0 Å². The van der Waals surface area contributed by atoms with Gasteiger partial charge in [-0.3, -0.25) is 4.79 Å². The number of hydrogen-bond acceptors (Lipinski definition) is 4. The Morgan fingerprint density at radius 2 is 2.00 bits per heavy atom. The van der Waals surface area contributed by atoms with E-state index in [1.54, 1.807) is 31.2 Å². The van der Waals surface area contributed by atoms with E-state index in [-0.39, 0.29) is 18.2 Å². The Balaban J connectivity index is 2.45. The first-order valence-corrected chi connectivity index (χ1v) is 5.48. The number of nitrogens with two attached hydrogens (primary N) is 1. The van der Waals surface area contributed by atoms with Crippen LogP contribution in [-0.4, -0.2) is 34.8 Å². The number of hydrogen-bond donors (Lipinski definition) is 4. The molecular formula is C12H18N2O3. The molecule has 5 nitrogen and oxygen atoms in total. The van der Waals surface area contributed by atoms with Crippen molar-refractivity contribution in [2.75, 3.05) is 6.54 Å². The minimum absolute atomic E-state index is 0.181. The third-order valence-electron chi connectivity index (χ3n) is 2.30. The van der Waals surface area contributed by atoms with Crippen molar-refractivity contribution in [3.63, 3.8) is 0 Å². The molecule has 0 aliphatic carbocycles. The van der Waals surface area contributed by atoms with Gasteiger partial charge in [0.1, 0.15) is 5.75 Å². The number of aliphatic hydroxyl groups excluding tert-OH is 1. The Kier molecular flexibility index (Phi) is 4.93. The molecule has 0 aliphatic rings. The number of nitrogens with one attached hydrogen (secondary N) is 1. The lowest BCUT2D eigenvalue weighted by molar-refractivity contribution is -0.122. The van der Waals surface area contributed by atoms with Gasteiger partial charge in [-0.05, 0) is 31.0 Å². The monoisotopic (exact) mass is 238 g/mol. The maximum absolute atomic E-state index is 11.5. The molecule has 2 atom stereocenters. The Bertz CT molecular complexity index is 363. The molecule has 0 aromatic heterocycles. The zero-order valence-electron chi connectivity index (χ0n) is 9.76. The zero-order chi connectivity index (χ0) is 12.8. The van der Waals surface area contributed by atoms with Crippen molar-refractivity contribution in [1.82, 2.24) is 5.32 Å². The average Bonchev–Trinajstić information content (AvgIpc) is 2.28. The molecule has 0 saturated heterocycles. The van der Waals surface area contributed by atoms with Crippen LogP contribution in [0.3, 0.4) is 0 Å². The Labute approximate surface area is 100 Å². The Morgan fingerprint density at radius 1 is 1.41 bits per heavy atom. The first-order valence-electron chi connectivity index (χ1n) is 5.48. The second-order valence-corrected chi connectivity index (χ2v) is 4.07. The van der Waals surface area contributed by atoms with Crippen LogP contribution in [-0.2, 0) is 11.2 Å². The van der Waals surface area contributed by atoms with Crippen molar-refractivity contribution in [3.8, 4) is 5.75 Å². The van der Waals surface area contributed by atoms with Crippen molar-refractivity contribution in [2.24, 2.45) is 5.73 Å². The van der Waals surface area contributed by atoms with E-state index >= 15 is 0 Å². The topological polar surface area (TPSA) is 95.6 Å². The van der Waals surface area contributed by atoms with Gasteiger partial charge >= 0.3 is 0 Å². The lowest BCUT2D eigenvalue weighted by atomic mass is 10.1. The van der Waals surface area contributed by atoms with Crippen LogP contribution < -0.4 is 11.1 Å². The van der Waals surface area contributed by atoms with E-state index in [4.69, 9.17) is 15.9 Å². The highest BCUT2D eigenvalue weighted by atomic mass is 16.3. The number of phenolic OH excluding ortho intramolecular Hbond substituents is 1. The van der Waals surface area contributed by atoms with Crippen LogP contribution in [0, 0.1) is 0 Å². The average molecular weight is 238 g/mol. The highest BCUT2D eigenvalue weighted by Crippen LogP contribution is 2.10. The van der Waals surface area contributed by atoms with Gasteiger partial charge in [0.05, 0.1) is 12.1 Å². The van der Waals surface area contributed by atoms with Gasteiger partial charge in [0.25, 0.3) is 0 Å². The summed E-state index contributed by atoms with van der Waals surface area (Å²) in [6.07, 6.45) is -0.189. The van der Waals surface area contributed by atoms with Crippen molar-refractivity contribution in [2.45, 2.75) is 25.5 Å². The summed E-state index contributed by atoms with van der Waals surface area (Å²) in [6, 6.07) is 5.89. The molecule has 17 heavy (non-hydrogen) atoms. The molecule has 0 bridgehead atoms. The summed E-state index contributed by atoms with van der Waals surface area (Å²) in [5.74, 6) is -0.111. The predicted octanol–water partition coefficient (Wildman–Crippen LogP) is -0.241. The van der Waals surface area contributed by atoms with Crippen LogP contribution in [0.4, 0.5) is 0 Å². The fourth-order valence-corrected chi connectivity index (χ4v) is 1.36. The van der Waals surface area contributed by atoms with Gasteiger partial charge in [-0.15, -0.1) is 0 Å². The summed E-state index contributed by atoms with van der Waals surface area (Å²) in [7, 11) is 0. The first kappa shape index (κ1) is 13.5. The number of rotatable bonds is 5. The third-order valence-corrected chi connectivity index (χ3v) is 2.30. The van der Waals surface area contributed by atoms with Gasteiger partial charge in [0.2, 0.25) is 5.91 Å². The maximum atomic E-state index is 11.5. The van der Waals surface area contributed by atoms with E-state index in [9.17, 15) is 4.79 Å². The van der Waals surface area contributed by atoms with Crippen LogP contribution in [0.25, 0.3) is 0 Å². The molecule has 0 saturated carbocycles. The molecule has 5 N–H and O–H groups in total. The van der Waals surface area contributed by atoms with Gasteiger partial charge in [0, 0.05) is 6.54 Å². The smallest absolute Gasteiger partial charge is 0.237 e. The molecule has 0 unspecified atom stereocenters. The highest BCUT2D eigenvalue weighted by Gasteiger charge is 2.14. The number of phenols is 1. The van der Waals surface area contributed by atoms with Gasteiger partial charge in [-0.1, -0.05) is 12.1 Å². The Morgan fingerprint density at radius 3 is 2.53 bits per heavy atom. The maximum Gasteiger partial charge on any atom is 0.237 e. The second-order valence-electron chi connectivity index (χ2n) is 4.07. The van der Waals surface area contributed by atoms with Gasteiger partial charge in [-0.2, -0.15) is 0 Å². The molecule has 0 spiro atoms. The lowest BCUT2D eigenvalue weighted by Gasteiger charge is -2.13. The van der Waals surface area contributed by atoms with Crippen molar-refractivity contribution in [3.05, 3.63) is 29.8 Å². The number of benzene rings is 1. The summed E-state index contributed by atoms with van der Waals surface area (Å²) in [4.78, 5) is 11.5. The molecular weight excluding hydrogens is 220 g/mol. The van der Waals surface area contributed by atoms with Crippen molar-refractivity contribution in [1.29, 1.82) is 0 Å². The zero-order valence-corrected chi connectivity index (χ0v) is 9.76. The predicted molar refractivity (Wildman–Crippen MR) is 64.5 cm³/mol. The van der Waals surface area contributed by atoms with E-state index in [1.165, 1.54) is 0 Å². The summed E-state index contributed by atoms with van der Waals surface area (Å²) in [5, 5.41) is 20.7. The molecule has 0 heterocycles. The quantitative estimate of drug-likeness (QED) is 0.569. The number of carbonyl (C=O) groups excluding carboxylic acids is 1. The molecule has 1 aromatic carbocycles. The van der Waals surface area contributed by atoms with E-state index < -0.39 is 12.1 Å². The minimum Gasteiger partial charge on any atom is -0.508 e. The second kappa shape index (κ2) is 6.22. The summed E-state index contributed by atoms with van der Waals surface area (Å²) in [5.41, 5.74) is 6.59. The lowest BCUT2D eigenvalue weighted by Crippen LogP contribution is -2.44. The molecule has 0 fully saturated rings. The minimum atomic E-state index is -0.654. The molecule has 1 aromatic rings. The van der Waals surface area contributed by atoms with Crippen LogP contribution >= 0.6 is 0 Å². The van der Waals surface area contributed by atoms with E-state index in [1.807, 2.05) is 0 Å². The van der Waals surface area contributed by atoms with Gasteiger partial charge in [-0.25, -0.2) is 0 Å². The fraction of sp³-hybridized carbons (Fsp3) is 0.417. The third kappa shape index (κ3) is 4.84. The largest absolute Gasteiger partial charge is 0.508 e. The molecule has 5 heteroatoms. The standard InChI is InChI=1S/C12H18N2O3/c1-8(15)7-14-12(17)11(13)6-9-2-4-10(16)5-3-9/h2-5,8,11,15-16H,6-7,13H2,1H3,(H,14,17)/t8-,11-/m0/s1. The molecule has 94 valence electrons. The van der Waals surface area contributed by atoms with E-state index in [2.05, 4.69) is 5.32 Å². The van der Waals surface area contributed by atoms with Crippen LogP contribution in [0.15, 0.2) is 24.3 Å². The molecule has 0 radical (unpaired) electrons. The summed E-state index contributed by atoms with van der Waals surface area (Å²) in [6.45, 7) is 1.79. The summed E-state index contributed by atoms with van der Waals surface area (Å²) >= 11 is 0. The van der Waals surface area contributed by atoms with E-state index in [0.29, 0.717) is 6.42 Å². The van der Waals surface area contributed by atoms with Gasteiger partial charge in [0.15, 0.2) is 0 Å². The number of amides is 1. The summed E-state index contributed by atoms with van der Waals surface area (Å²) < 4.78 is 0. The molecule has 0 aliphatic heterocycles. The number of carbonyl (C=O) groups is 1. The SMILES string of the molecule is C[C@H](O)CNC(=O)[C@@H](N)Cc1ccc(O)cc1. The fourth-order valence-electron chi connectivity index (χ4n) is 1.36. The number of aromatic hydroxyl groups is 1.